The summed E-state index contributed by atoms with van der Waals surface area (Å²) in [6.07, 6.45) is 15.8. The lowest BCUT2D eigenvalue weighted by atomic mass is 10.0. The van der Waals surface area contributed by atoms with Gasteiger partial charge in [-0.1, -0.05) is 0 Å². The first kappa shape index (κ1) is 12.7. The zero-order valence-electron chi connectivity index (χ0n) is 10.7. The van der Waals surface area contributed by atoms with Gasteiger partial charge in [0, 0.05) is 26.1 Å². The van der Waals surface area contributed by atoms with Gasteiger partial charge in [-0.2, -0.15) is 0 Å². The van der Waals surface area contributed by atoms with Gasteiger partial charge < -0.3 is 9.47 Å². The standard InChI is InChI=1S/C12H18O.C3H6O/c1-3-7-11(8-4-1)13-12-9-5-2-6-10-12;1-2-4-3-1/h7,9H,1-6,8,10H2;1-3H2. The third-order valence-corrected chi connectivity index (χ3v) is 3.34. The summed E-state index contributed by atoms with van der Waals surface area (Å²) in [4.78, 5) is 0. The van der Waals surface area contributed by atoms with Gasteiger partial charge in [-0.25, -0.2) is 0 Å². The summed E-state index contributed by atoms with van der Waals surface area (Å²) in [5.41, 5.74) is 0. The highest BCUT2D eigenvalue weighted by Crippen LogP contribution is 2.25. The highest BCUT2D eigenvalue weighted by Gasteiger charge is 2.09. The van der Waals surface area contributed by atoms with Crippen molar-refractivity contribution < 1.29 is 9.47 Å². The fourth-order valence-corrected chi connectivity index (χ4v) is 2.12. The lowest BCUT2D eigenvalue weighted by molar-refractivity contribution is 0.0367. The van der Waals surface area contributed by atoms with E-state index in [9.17, 15) is 0 Å². The van der Waals surface area contributed by atoms with Crippen molar-refractivity contribution in [3.8, 4) is 0 Å². The Labute approximate surface area is 105 Å². The molecule has 1 heterocycles. The molecule has 96 valence electrons. The first-order valence-electron chi connectivity index (χ1n) is 7.09. The van der Waals surface area contributed by atoms with Crippen LogP contribution in [0.2, 0.25) is 0 Å². The lowest BCUT2D eigenvalue weighted by Gasteiger charge is -2.18. The largest absolute Gasteiger partial charge is 0.467 e. The molecule has 2 heteroatoms. The molecular formula is C15H24O2. The number of hydrogen-bond acceptors (Lipinski definition) is 2. The van der Waals surface area contributed by atoms with Gasteiger partial charge >= 0.3 is 0 Å². The third-order valence-electron chi connectivity index (χ3n) is 3.34. The van der Waals surface area contributed by atoms with Crippen LogP contribution < -0.4 is 0 Å². The van der Waals surface area contributed by atoms with Crippen LogP contribution in [0.25, 0.3) is 0 Å². The van der Waals surface area contributed by atoms with Crippen LogP contribution >= 0.6 is 0 Å². The number of hydrogen-bond donors (Lipinski definition) is 0. The monoisotopic (exact) mass is 236 g/mol. The zero-order valence-corrected chi connectivity index (χ0v) is 10.7. The average molecular weight is 236 g/mol. The highest BCUT2D eigenvalue weighted by molar-refractivity contribution is 5.05. The summed E-state index contributed by atoms with van der Waals surface area (Å²) < 4.78 is 10.6. The molecule has 0 spiro atoms. The minimum absolute atomic E-state index is 1.00. The Hall–Kier alpha value is -0.760. The molecule has 0 aromatic rings. The molecule has 17 heavy (non-hydrogen) atoms. The fourth-order valence-electron chi connectivity index (χ4n) is 2.12. The Morgan fingerprint density at radius 2 is 1.24 bits per heavy atom. The van der Waals surface area contributed by atoms with Crippen LogP contribution in [0, 0.1) is 0 Å². The smallest absolute Gasteiger partial charge is 0.0996 e. The average Bonchev–Trinajstić information content (AvgIpc) is 2.29. The Bertz CT molecular complexity index is 247. The third kappa shape index (κ3) is 4.95. The maximum absolute atomic E-state index is 5.85. The summed E-state index contributed by atoms with van der Waals surface area (Å²) in [6.45, 7) is 2.00. The molecular weight excluding hydrogens is 212 g/mol. The van der Waals surface area contributed by atoms with E-state index in [1.807, 2.05) is 0 Å². The molecule has 1 fully saturated rings. The molecule has 0 unspecified atom stereocenters. The van der Waals surface area contributed by atoms with Crippen LogP contribution in [0.5, 0.6) is 0 Å². The van der Waals surface area contributed by atoms with Crippen LogP contribution in [0.4, 0.5) is 0 Å². The number of rotatable bonds is 2. The molecule has 0 atom stereocenters. The highest BCUT2D eigenvalue weighted by atomic mass is 16.5. The van der Waals surface area contributed by atoms with Crippen LogP contribution in [-0.2, 0) is 9.47 Å². The second-order valence-corrected chi connectivity index (χ2v) is 4.90. The molecule has 2 nitrogen and oxygen atoms in total. The second-order valence-electron chi connectivity index (χ2n) is 4.90. The first-order chi connectivity index (χ1) is 8.45. The van der Waals surface area contributed by atoms with Crippen molar-refractivity contribution in [3.63, 3.8) is 0 Å². The molecule has 0 radical (unpaired) electrons. The van der Waals surface area contributed by atoms with E-state index >= 15 is 0 Å². The van der Waals surface area contributed by atoms with Gasteiger partial charge in [0.25, 0.3) is 0 Å². The molecule has 0 amide bonds. The van der Waals surface area contributed by atoms with E-state index in [-0.39, 0.29) is 0 Å². The van der Waals surface area contributed by atoms with Gasteiger partial charge in [-0.05, 0) is 57.1 Å². The predicted molar refractivity (Wildman–Crippen MR) is 69.6 cm³/mol. The summed E-state index contributed by atoms with van der Waals surface area (Å²) in [5, 5.41) is 0. The molecule has 0 aromatic heterocycles. The van der Waals surface area contributed by atoms with Crippen molar-refractivity contribution in [1.82, 2.24) is 0 Å². The molecule has 3 aliphatic rings. The van der Waals surface area contributed by atoms with Gasteiger partial charge in [0.1, 0.15) is 0 Å². The summed E-state index contributed by atoms with van der Waals surface area (Å²) in [7, 11) is 0. The van der Waals surface area contributed by atoms with Crippen LogP contribution in [0.3, 0.4) is 0 Å². The Morgan fingerprint density at radius 1 is 0.765 bits per heavy atom. The molecule has 2 aliphatic carbocycles. The maximum atomic E-state index is 5.85. The summed E-state index contributed by atoms with van der Waals surface area (Å²) in [6, 6.07) is 0. The van der Waals surface area contributed by atoms with Crippen LogP contribution in [-0.4, -0.2) is 13.2 Å². The van der Waals surface area contributed by atoms with Crippen molar-refractivity contribution in [1.29, 1.82) is 0 Å². The van der Waals surface area contributed by atoms with Gasteiger partial charge in [-0.3, -0.25) is 0 Å². The Morgan fingerprint density at radius 3 is 1.53 bits per heavy atom. The summed E-state index contributed by atoms with van der Waals surface area (Å²) in [5.74, 6) is 2.44. The van der Waals surface area contributed by atoms with Gasteiger partial charge in [0.05, 0.1) is 11.5 Å². The fraction of sp³-hybridized carbons (Fsp3) is 0.733. The second kappa shape index (κ2) is 7.54. The lowest BCUT2D eigenvalue weighted by Crippen LogP contribution is -2.09. The predicted octanol–water partition coefficient (Wildman–Crippen LogP) is 4.33. The normalized spacial score (nSPS) is 23.5. The topological polar surface area (TPSA) is 18.5 Å². The first-order valence-corrected chi connectivity index (χ1v) is 7.09. The molecule has 3 rings (SSSR count). The van der Waals surface area contributed by atoms with Crippen molar-refractivity contribution in [2.75, 3.05) is 13.2 Å². The molecule has 0 aromatic carbocycles. The van der Waals surface area contributed by atoms with E-state index in [1.165, 1.54) is 56.5 Å². The quantitative estimate of drug-likeness (QED) is 0.710. The van der Waals surface area contributed by atoms with Crippen molar-refractivity contribution in [2.45, 2.75) is 57.8 Å². The van der Waals surface area contributed by atoms with E-state index in [0.29, 0.717) is 0 Å². The van der Waals surface area contributed by atoms with Crippen molar-refractivity contribution in [2.24, 2.45) is 0 Å². The Balaban J connectivity index is 0.000000228. The van der Waals surface area contributed by atoms with E-state index in [0.717, 1.165) is 26.1 Å². The van der Waals surface area contributed by atoms with Crippen molar-refractivity contribution >= 4 is 0 Å². The van der Waals surface area contributed by atoms with E-state index < -0.39 is 0 Å². The molecule has 0 N–H and O–H groups in total. The van der Waals surface area contributed by atoms with Gasteiger partial charge in [0.15, 0.2) is 0 Å². The SMILES string of the molecule is C1=C(OC2=CCCCC2)CCCC1.C1COC1. The van der Waals surface area contributed by atoms with Crippen LogP contribution in [0.15, 0.2) is 23.7 Å². The molecule has 1 aliphatic heterocycles. The van der Waals surface area contributed by atoms with Gasteiger partial charge in [-0.15, -0.1) is 0 Å². The summed E-state index contributed by atoms with van der Waals surface area (Å²) >= 11 is 0. The molecule has 0 bridgehead atoms. The van der Waals surface area contributed by atoms with Gasteiger partial charge in [0.2, 0.25) is 0 Å². The maximum Gasteiger partial charge on any atom is 0.0996 e. The van der Waals surface area contributed by atoms with E-state index in [4.69, 9.17) is 9.47 Å². The van der Waals surface area contributed by atoms with E-state index in [2.05, 4.69) is 12.2 Å². The minimum atomic E-state index is 1.00. The zero-order chi connectivity index (χ0) is 11.8. The number of ether oxygens (including phenoxy) is 2. The van der Waals surface area contributed by atoms with Crippen LogP contribution in [0.1, 0.15) is 57.8 Å². The number of allylic oxidation sites excluding steroid dienone is 4. The van der Waals surface area contributed by atoms with E-state index in [1.54, 1.807) is 0 Å². The Kier molecular flexibility index (Phi) is 5.63. The minimum Gasteiger partial charge on any atom is -0.467 e. The molecule has 0 saturated carbocycles. The molecule has 1 saturated heterocycles. The van der Waals surface area contributed by atoms with Crippen molar-refractivity contribution in [3.05, 3.63) is 23.7 Å².